The summed E-state index contributed by atoms with van der Waals surface area (Å²) in [6.45, 7) is 5.92. The lowest BCUT2D eigenvalue weighted by atomic mass is 9.71. The normalized spacial score (nSPS) is 42.0. The van der Waals surface area contributed by atoms with E-state index in [9.17, 15) is 9.50 Å². The third-order valence-electron chi connectivity index (χ3n) is 4.12. The summed E-state index contributed by atoms with van der Waals surface area (Å²) in [6, 6.07) is 0.363. The number of hydrogen-bond donors (Lipinski definition) is 1. The van der Waals surface area contributed by atoms with Crippen molar-refractivity contribution in [2.45, 2.75) is 57.8 Å². The van der Waals surface area contributed by atoms with Crippen molar-refractivity contribution in [3.63, 3.8) is 0 Å². The van der Waals surface area contributed by atoms with Gasteiger partial charge in [0, 0.05) is 19.1 Å². The zero-order valence-electron chi connectivity index (χ0n) is 9.75. The van der Waals surface area contributed by atoms with Crippen LogP contribution in [0.25, 0.3) is 0 Å². The van der Waals surface area contributed by atoms with Crippen LogP contribution >= 0.6 is 0 Å². The second kappa shape index (κ2) is 4.02. The molecule has 0 amide bonds. The molecule has 0 radical (unpaired) electrons. The first-order valence-electron chi connectivity index (χ1n) is 6.05. The molecule has 2 rings (SSSR count). The maximum atomic E-state index is 13.2. The first-order valence-corrected chi connectivity index (χ1v) is 6.05. The molecule has 3 heteroatoms. The third-order valence-corrected chi connectivity index (χ3v) is 4.12. The quantitative estimate of drug-likeness (QED) is 0.723. The minimum absolute atomic E-state index is 0.179. The molecule has 88 valence electrons. The molecule has 1 saturated heterocycles. The SMILES string of the molecule is CC1(C)CCC(O)CC1N1CCC(F)C1. The van der Waals surface area contributed by atoms with Crippen molar-refractivity contribution in [1.29, 1.82) is 0 Å². The molecule has 0 aromatic carbocycles. The van der Waals surface area contributed by atoms with Crippen LogP contribution in [0, 0.1) is 5.41 Å². The first kappa shape index (κ1) is 11.3. The van der Waals surface area contributed by atoms with Gasteiger partial charge in [-0.15, -0.1) is 0 Å². The monoisotopic (exact) mass is 215 g/mol. The Bertz CT molecular complexity index is 232. The largest absolute Gasteiger partial charge is 0.393 e. The summed E-state index contributed by atoms with van der Waals surface area (Å²) in [5.41, 5.74) is 0.225. The molecule has 1 aliphatic heterocycles. The Morgan fingerprint density at radius 1 is 1.33 bits per heavy atom. The van der Waals surface area contributed by atoms with Gasteiger partial charge in [0.05, 0.1) is 6.10 Å². The molecule has 2 fully saturated rings. The Morgan fingerprint density at radius 2 is 2.07 bits per heavy atom. The fourth-order valence-electron chi connectivity index (χ4n) is 3.07. The second-order valence-corrected chi connectivity index (χ2v) is 5.81. The van der Waals surface area contributed by atoms with Gasteiger partial charge >= 0.3 is 0 Å². The van der Waals surface area contributed by atoms with Gasteiger partial charge in [0.1, 0.15) is 6.17 Å². The van der Waals surface area contributed by atoms with Crippen LogP contribution in [0.1, 0.15) is 39.5 Å². The summed E-state index contributed by atoms with van der Waals surface area (Å²) in [6.07, 6.45) is 2.60. The molecule has 1 N–H and O–H groups in total. The number of aliphatic hydroxyl groups is 1. The number of nitrogens with zero attached hydrogens (tertiary/aromatic N) is 1. The minimum Gasteiger partial charge on any atom is -0.393 e. The minimum atomic E-state index is -0.653. The van der Waals surface area contributed by atoms with E-state index in [2.05, 4.69) is 18.7 Å². The van der Waals surface area contributed by atoms with E-state index in [0.29, 0.717) is 19.0 Å². The van der Waals surface area contributed by atoms with Crippen LogP contribution in [-0.2, 0) is 0 Å². The van der Waals surface area contributed by atoms with E-state index in [-0.39, 0.29) is 11.5 Å². The molecule has 0 aromatic heterocycles. The van der Waals surface area contributed by atoms with E-state index < -0.39 is 6.17 Å². The fourth-order valence-corrected chi connectivity index (χ4v) is 3.07. The van der Waals surface area contributed by atoms with Crippen molar-refractivity contribution in [1.82, 2.24) is 4.90 Å². The number of halogens is 1. The molecule has 2 aliphatic rings. The highest BCUT2D eigenvalue weighted by molar-refractivity contribution is 4.95. The summed E-state index contributed by atoms with van der Waals surface area (Å²) in [5.74, 6) is 0. The Labute approximate surface area is 91.5 Å². The molecule has 0 aromatic rings. The van der Waals surface area contributed by atoms with Gasteiger partial charge in [0.2, 0.25) is 0 Å². The van der Waals surface area contributed by atoms with Crippen LogP contribution in [0.5, 0.6) is 0 Å². The molecule has 15 heavy (non-hydrogen) atoms. The molecule has 1 aliphatic carbocycles. The van der Waals surface area contributed by atoms with Crippen molar-refractivity contribution in [2.75, 3.05) is 13.1 Å². The van der Waals surface area contributed by atoms with E-state index >= 15 is 0 Å². The summed E-state index contributed by atoms with van der Waals surface area (Å²) in [7, 11) is 0. The van der Waals surface area contributed by atoms with Gasteiger partial charge in [-0.3, -0.25) is 4.90 Å². The lowest BCUT2D eigenvalue weighted by Crippen LogP contribution is -2.49. The summed E-state index contributed by atoms with van der Waals surface area (Å²) < 4.78 is 13.2. The lowest BCUT2D eigenvalue weighted by Gasteiger charge is -2.45. The van der Waals surface area contributed by atoms with Gasteiger partial charge in [0.25, 0.3) is 0 Å². The van der Waals surface area contributed by atoms with Crippen LogP contribution < -0.4 is 0 Å². The number of rotatable bonds is 1. The molecule has 0 bridgehead atoms. The van der Waals surface area contributed by atoms with Crippen LogP contribution in [0.4, 0.5) is 4.39 Å². The highest BCUT2D eigenvalue weighted by Gasteiger charge is 2.41. The van der Waals surface area contributed by atoms with E-state index in [1.807, 2.05) is 0 Å². The highest BCUT2D eigenvalue weighted by Crippen LogP contribution is 2.40. The maximum absolute atomic E-state index is 13.2. The Hall–Kier alpha value is -0.150. The molecule has 3 atom stereocenters. The lowest BCUT2D eigenvalue weighted by molar-refractivity contribution is -0.00413. The van der Waals surface area contributed by atoms with Crippen molar-refractivity contribution in [3.8, 4) is 0 Å². The third kappa shape index (κ3) is 2.34. The molecule has 2 nitrogen and oxygen atoms in total. The second-order valence-electron chi connectivity index (χ2n) is 5.81. The van der Waals surface area contributed by atoms with Crippen LogP contribution in [-0.4, -0.2) is 41.4 Å². The average Bonchev–Trinajstić information content (AvgIpc) is 2.56. The molecular weight excluding hydrogens is 193 g/mol. The molecule has 1 heterocycles. The van der Waals surface area contributed by atoms with Gasteiger partial charge in [-0.05, 0) is 31.1 Å². The number of hydrogen-bond acceptors (Lipinski definition) is 2. The van der Waals surface area contributed by atoms with Crippen LogP contribution in [0.2, 0.25) is 0 Å². The van der Waals surface area contributed by atoms with E-state index in [1.165, 1.54) is 0 Å². The van der Waals surface area contributed by atoms with Crippen LogP contribution in [0.3, 0.4) is 0 Å². The van der Waals surface area contributed by atoms with Crippen molar-refractivity contribution in [3.05, 3.63) is 0 Å². The zero-order valence-corrected chi connectivity index (χ0v) is 9.75. The maximum Gasteiger partial charge on any atom is 0.114 e. The Kier molecular flexibility index (Phi) is 3.04. The molecule has 1 saturated carbocycles. The van der Waals surface area contributed by atoms with Crippen molar-refractivity contribution in [2.24, 2.45) is 5.41 Å². The summed E-state index contributed by atoms with van der Waals surface area (Å²) >= 11 is 0. The summed E-state index contributed by atoms with van der Waals surface area (Å²) in [5, 5.41) is 9.72. The smallest absolute Gasteiger partial charge is 0.114 e. The number of likely N-dealkylation sites (tertiary alicyclic amines) is 1. The van der Waals surface area contributed by atoms with Crippen molar-refractivity contribution >= 4 is 0 Å². The molecule has 3 unspecified atom stereocenters. The number of alkyl halides is 1. The average molecular weight is 215 g/mol. The van der Waals surface area contributed by atoms with Gasteiger partial charge < -0.3 is 5.11 Å². The zero-order chi connectivity index (χ0) is 11.1. The first-order chi connectivity index (χ1) is 6.99. The van der Waals surface area contributed by atoms with Crippen LogP contribution in [0.15, 0.2) is 0 Å². The standard InChI is InChI=1S/C12H22FNO/c1-12(2)5-3-10(15)7-11(12)14-6-4-9(13)8-14/h9-11,15H,3-8H2,1-2H3. The van der Waals surface area contributed by atoms with Gasteiger partial charge in [0.15, 0.2) is 0 Å². The molecular formula is C12H22FNO. The Balaban J connectivity index is 2.04. The topological polar surface area (TPSA) is 23.5 Å². The predicted molar refractivity (Wildman–Crippen MR) is 58.5 cm³/mol. The van der Waals surface area contributed by atoms with Gasteiger partial charge in [-0.25, -0.2) is 4.39 Å². The fraction of sp³-hybridized carbons (Fsp3) is 1.00. The van der Waals surface area contributed by atoms with E-state index in [0.717, 1.165) is 25.8 Å². The van der Waals surface area contributed by atoms with E-state index in [4.69, 9.17) is 0 Å². The molecule has 0 spiro atoms. The van der Waals surface area contributed by atoms with E-state index in [1.54, 1.807) is 0 Å². The highest BCUT2D eigenvalue weighted by atomic mass is 19.1. The Morgan fingerprint density at radius 3 is 2.67 bits per heavy atom. The number of aliphatic hydroxyl groups excluding tert-OH is 1. The summed E-state index contributed by atoms with van der Waals surface area (Å²) in [4.78, 5) is 2.24. The van der Waals surface area contributed by atoms with Gasteiger partial charge in [-0.1, -0.05) is 13.8 Å². The predicted octanol–water partition coefficient (Wildman–Crippen LogP) is 1.97. The van der Waals surface area contributed by atoms with Gasteiger partial charge in [-0.2, -0.15) is 0 Å². The van der Waals surface area contributed by atoms with Crippen molar-refractivity contribution < 1.29 is 9.50 Å².